The van der Waals surface area contributed by atoms with Crippen LogP contribution in [0.5, 0.6) is 0 Å². The van der Waals surface area contributed by atoms with Gasteiger partial charge in [-0.05, 0) is 56.7 Å². The minimum atomic E-state index is -4.22. The summed E-state index contributed by atoms with van der Waals surface area (Å²) in [6, 6.07) is 18.9. The molecule has 0 aliphatic rings. The van der Waals surface area contributed by atoms with E-state index in [9.17, 15) is 18.0 Å². The van der Waals surface area contributed by atoms with Crippen LogP contribution in [0.4, 0.5) is 5.69 Å². The number of hydrogen-bond donors (Lipinski definition) is 1. The molecule has 0 heterocycles. The standard InChI is InChI=1S/C27H29Cl2N3O4S/c1-4-30-27(34)20(3)31(17-21-10-8-9-19(2)15-21)26(33)18-32(25-16-22(28)13-14-24(25)29)37(35,36)23-11-6-5-7-12-23/h5-16,20H,4,17-18H2,1-3H3,(H,30,34)/t20-/m0/s1. The van der Waals surface area contributed by atoms with E-state index in [1.165, 1.54) is 35.2 Å². The Labute approximate surface area is 228 Å². The van der Waals surface area contributed by atoms with E-state index in [4.69, 9.17) is 23.2 Å². The van der Waals surface area contributed by atoms with Gasteiger partial charge in [0.05, 0.1) is 15.6 Å². The minimum Gasteiger partial charge on any atom is -0.355 e. The van der Waals surface area contributed by atoms with Crippen molar-refractivity contribution in [2.75, 3.05) is 17.4 Å². The highest BCUT2D eigenvalue weighted by atomic mass is 35.5. The molecule has 0 spiro atoms. The van der Waals surface area contributed by atoms with Gasteiger partial charge < -0.3 is 10.2 Å². The molecule has 0 fully saturated rings. The molecular weight excluding hydrogens is 533 g/mol. The number of hydrogen-bond acceptors (Lipinski definition) is 4. The van der Waals surface area contributed by atoms with Crippen LogP contribution in [0, 0.1) is 6.92 Å². The fourth-order valence-corrected chi connectivity index (χ4v) is 5.70. The van der Waals surface area contributed by atoms with Gasteiger partial charge in [0.1, 0.15) is 12.6 Å². The minimum absolute atomic E-state index is 0.0131. The molecule has 1 N–H and O–H groups in total. The molecule has 1 atom stereocenters. The van der Waals surface area contributed by atoms with Gasteiger partial charge in [0.2, 0.25) is 11.8 Å². The Morgan fingerprint density at radius 3 is 2.32 bits per heavy atom. The quantitative estimate of drug-likeness (QED) is 0.375. The van der Waals surface area contributed by atoms with Crippen molar-refractivity contribution in [2.24, 2.45) is 0 Å². The molecule has 0 saturated heterocycles. The lowest BCUT2D eigenvalue weighted by Crippen LogP contribution is -2.51. The molecule has 3 aromatic rings. The number of nitrogens with zero attached hydrogens (tertiary/aromatic N) is 2. The molecule has 0 saturated carbocycles. The predicted octanol–water partition coefficient (Wildman–Crippen LogP) is 5.05. The molecule has 0 radical (unpaired) electrons. The van der Waals surface area contributed by atoms with Crippen LogP contribution in [0.2, 0.25) is 10.0 Å². The maximum atomic E-state index is 13.8. The summed E-state index contributed by atoms with van der Waals surface area (Å²) in [5, 5.41) is 3.10. The molecule has 0 aromatic heterocycles. The second-order valence-corrected chi connectivity index (χ2v) is 11.2. The number of nitrogens with one attached hydrogen (secondary N) is 1. The summed E-state index contributed by atoms with van der Waals surface area (Å²) in [6.07, 6.45) is 0. The molecule has 196 valence electrons. The molecule has 10 heteroatoms. The van der Waals surface area contributed by atoms with Gasteiger partial charge in [-0.25, -0.2) is 8.42 Å². The second kappa shape index (κ2) is 12.4. The highest BCUT2D eigenvalue weighted by Crippen LogP contribution is 2.33. The van der Waals surface area contributed by atoms with Crippen molar-refractivity contribution >= 4 is 50.7 Å². The number of rotatable bonds is 10. The zero-order chi connectivity index (χ0) is 27.2. The van der Waals surface area contributed by atoms with Gasteiger partial charge >= 0.3 is 0 Å². The van der Waals surface area contributed by atoms with Crippen molar-refractivity contribution in [3.8, 4) is 0 Å². The maximum Gasteiger partial charge on any atom is 0.264 e. The first kappa shape index (κ1) is 28.5. The van der Waals surface area contributed by atoms with Crippen molar-refractivity contribution in [3.63, 3.8) is 0 Å². The van der Waals surface area contributed by atoms with Crippen LogP contribution in [0.25, 0.3) is 0 Å². The highest BCUT2D eigenvalue weighted by Gasteiger charge is 2.33. The molecule has 2 amide bonds. The number of benzene rings is 3. The van der Waals surface area contributed by atoms with Crippen molar-refractivity contribution in [1.82, 2.24) is 10.2 Å². The Hall–Kier alpha value is -3.07. The lowest BCUT2D eigenvalue weighted by molar-refractivity contribution is -0.139. The van der Waals surface area contributed by atoms with E-state index in [1.807, 2.05) is 31.2 Å². The van der Waals surface area contributed by atoms with Gasteiger partial charge in [-0.1, -0.05) is 71.2 Å². The third kappa shape index (κ3) is 7.03. The third-order valence-corrected chi connectivity index (χ3v) is 8.07. The van der Waals surface area contributed by atoms with Crippen LogP contribution in [0.15, 0.2) is 77.7 Å². The smallest absolute Gasteiger partial charge is 0.264 e. The number of halogens is 2. The Morgan fingerprint density at radius 2 is 1.68 bits per heavy atom. The monoisotopic (exact) mass is 561 g/mol. The molecule has 3 rings (SSSR count). The Morgan fingerprint density at radius 1 is 0.973 bits per heavy atom. The van der Waals surface area contributed by atoms with Crippen molar-refractivity contribution in [3.05, 3.63) is 94.0 Å². The van der Waals surface area contributed by atoms with Crippen LogP contribution in [0.3, 0.4) is 0 Å². The zero-order valence-electron chi connectivity index (χ0n) is 20.8. The summed E-state index contributed by atoms with van der Waals surface area (Å²) in [5.41, 5.74) is 1.87. The SMILES string of the molecule is CCNC(=O)[C@H](C)N(Cc1cccc(C)c1)C(=O)CN(c1cc(Cl)ccc1Cl)S(=O)(=O)c1ccccc1. The van der Waals surface area contributed by atoms with Gasteiger partial charge in [0.25, 0.3) is 10.0 Å². The number of amides is 2. The van der Waals surface area contributed by atoms with Crippen LogP contribution < -0.4 is 9.62 Å². The molecule has 37 heavy (non-hydrogen) atoms. The van der Waals surface area contributed by atoms with Crippen molar-refractivity contribution < 1.29 is 18.0 Å². The number of sulfonamides is 1. The normalized spacial score (nSPS) is 12.0. The number of carbonyl (C=O) groups is 2. The summed E-state index contributed by atoms with van der Waals surface area (Å²) in [6.45, 7) is 5.24. The van der Waals surface area contributed by atoms with E-state index in [0.717, 1.165) is 15.4 Å². The Kier molecular flexibility index (Phi) is 9.59. The van der Waals surface area contributed by atoms with E-state index in [1.54, 1.807) is 32.0 Å². The van der Waals surface area contributed by atoms with Gasteiger partial charge in [-0.3, -0.25) is 13.9 Å². The maximum absolute atomic E-state index is 13.8. The average Bonchev–Trinajstić information content (AvgIpc) is 2.87. The Balaban J connectivity index is 2.06. The largest absolute Gasteiger partial charge is 0.355 e. The van der Waals surface area contributed by atoms with Crippen molar-refractivity contribution in [1.29, 1.82) is 0 Å². The molecule has 0 unspecified atom stereocenters. The molecule has 7 nitrogen and oxygen atoms in total. The lowest BCUT2D eigenvalue weighted by Gasteiger charge is -2.32. The predicted molar refractivity (Wildman–Crippen MR) is 147 cm³/mol. The zero-order valence-corrected chi connectivity index (χ0v) is 23.1. The Bertz CT molecular complexity index is 1370. The molecule has 3 aromatic carbocycles. The molecular formula is C27H29Cl2N3O4S. The van der Waals surface area contributed by atoms with Crippen LogP contribution in [0.1, 0.15) is 25.0 Å². The van der Waals surface area contributed by atoms with Crippen LogP contribution >= 0.6 is 23.2 Å². The summed E-state index contributed by atoms with van der Waals surface area (Å²) in [5.74, 6) is -0.919. The number of likely N-dealkylation sites (N-methyl/N-ethyl adjacent to an activating group) is 1. The van der Waals surface area contributed by atoms with Gasteiger partial charge in [-0.2, -0.15) is 0 Å². The van der Waals surface area contributed by atoms with E-state index in [2.05, 4.69) is 5.32 Å². The topological polar surface area (TPSA) is 86.8 Å². The first-order valence-electron chi connectivity index (χ1n) is 11.7. The van der Waals surface area contributed by atoms with Gasteiger partial charge in [0, 0.05) is 18.1 Å². The number of anilines is 1. The average molecular weight is 563 g/mol. The molecule has 0 aliphatic carbocycles. The second-order valence-electron chi connectivity index (χ2n) is 8.50. The van der Waals surface area contributed by atoms with Gasteiger partial charge in [-0.15, -0.1) is 0 Å². The first-order chi connectivity index (χ1) is 17.5. The third-order valence-electron chi connectivity index (χ3n) is 5.74. The van der Waals surface area contributed by atoms with E-state index in [0.29, 0.717) is 6.54 Å². The van der Waals surface area contributed by atoms with E-state index >= 15 is 0 Å². The number of carbonyl (C=O) groups excluding carboxylic acids is 2. The van der Waals surface area contributed by atoms with E-state index in [-0.39, 0.29) is 33.1 Å². The fraction of sp³-hybridized carbons (Fsp3) is 0.259. The number of aryl methyl sites for hydroxylation is 1. The molecule has 0 bridgehead atoms. The summed E-state index contributed by atoms with van der Waals surface area (Å²) < 4.78 is 28.4. The van der Waals surface area contributed by atoms with Crippen molar-refractivity contribution in [2.45, 2.75) is 38.3 Å². The fourth-order valence-electron chi connectivity index (χ4n) is 3.82. The van der Waals surface area contributed by atoms with Crippen LogP contribution in [-0.2, 0) is 26.2 Å². The van der Waals surface area contributed by atoms with E-state index < -0.39 is 28.5 Å². The van der Waals surface area contributed by atoms with Crippen LogP contribution in [-0.4, -0.2) is 44.3 Å². The van der Waals surface area contributed by atoms with Gasteiger partial charge in [0.15, 0.2) is 0 Å². The highest BCUT2D eigenvalue weighted by molar-refractivity contribution is 7.92. The summed E-state index contributed by atoms with van der Waals surface area (Å²) in [4.78, 5) is 27.9. The lowest BCUT2D eigenvalue weighted by atomic mass is 10.1. The summed E-state index contributed by atoms with van der Waals surface area (Å²) in [7, 11) is -4.22. The first-order valence-corrected chi connectivity index (χ1v) is 13.9. The summed E-state index contributed by atoms with van der Waals surface area (Å²) >= 11 is 12.6. The molecule has 0 aliphatic heterocycles.